The third-order valence-electron chi connectivity index (χ3n) is 5.45. The van der Waals surface area contributed by atoms with Gasteiger partial charge in [-0.05, 0) is 55.7 Å². The van der Waals surface area contributed by atoms with Crippen molar-refractivity contribution in [2.75, 3.05) is 18.0 Å². The van der Waals surface area contributed by atoms with Crippen LogP contribution < -0.4 is 4.90 Å². The number of fused-ring (bicyclic) bond motifs is 1. The topological polar surface area (TPSA) is 66.9 Å². The Morgan fingerprint density at radius 2 is 1.90 bits per heavy atom. The number of halogens is 2. The predicted molar refractivity (Wildman–Crippen MR) is 115 cm³/mol. The molecule has 1 saturated heterocycles. The zero-order chi connectivity index (χ0) is 20.8. The summed E-state index contributed by atoms with van der Waals surface area (Å²) >= 11 is 9.66. The van der Waals surface area contributed by atoms with E-state index in [9.17, 15) is 13.2 Å². The molecule has 0 unspecified atom stereocenters. The summed E-state index contributed by atoms with van der Waals surface area (Å²) in [6, 6.07) is 10.3. The van der Waals surface area contributed by atoms with E-state index in [0.29, 0.717) is 31.0 Å². The lowest BCUT2D eigenvalue weighted by molar-refractivity contribution is 0.136. The van der Waals surface area contributed by atoms with Gasteiger partial charge >= 0.3 is 6.09 Å². The normalized spacial score (nSPS) is 18.4. The molecule has 9 heteroatoms. The maximum atomic E-state index is 13.0. The molecule has 0 saturated carbocycles. The quantitative estimate of drug-likeness (QED) is 0.613. The number of benzene rings is 2. The van der Waals surface area contributed by atoms with Gasteiger partial charge < -0.3 is 4.74 Å². The van der Waals surface area contributed by atoms with Gasteiger partial charge in [0.1, 0.15) is 6.61 Å². The summed E-state index contributed by atoms with van der Waals surface area (Å²) in [5.41, 5.74) is 2.40. The smallest absolute Gasteiger partial charge is 0.414 e. The molecule has 0 spiro atoms. The molecule has 0 radical (unpaired) electrons. The van der Waals surface area contributed by atoms with E-state index >= 15 is 0 Å². The van der Waals surface area contributed by atoms with E-state index in [-0.39, 0.29) is 17.5 Å². The van der Waals surface area contributed by atoms with Gasteiger partial charge in [-0.1, -0.05) is 33.6 Å². The van der Waals surface area contributed by atoms with E-state index < -0.39 is 16.1 Å². The summed E-state index contributed by atoms with van der Waals surface area (Å²) < 4.78 is 33.7. The fourth-order valence-corrected chi connectivity index (χ4v) is 5.86. The number of amides is 1. The summed E-state index contributed by atoms with van der Waals surface area (Å²) in [6.45, 7) is 2.68. The second-order valence-electron chi connectivity index (χ2n) is 7.21. The summed E-state index contributed by atoms with van der Waals surface area (Å²) in [6.07, 6.45) is 0.635. The highest BCUT2D eigenvalue weighted by Crippen LogP contribution is 2.36. The van der Waals surface area contributed by atoms with Crippen LogP contribution in [-0.2, 0) is 21.4 Å². The standard InChI is InChI=1S/C20H20BrClN2O4S/c1-13-11-15(5-6-17(13)21)29(26,27)23-9-7-14(8-10-23)24-19-4-2-3-18(22)16(19)12-28-20(24)25/h2-6,11,14H,7-10,12H2,1H3. The monoisotopic (exact) mass is 498 g/mol. The van der Waals surface area contributed by atoms with Crippen LogP contribution in [0.15, 0.2) is 45.8 Å². The van der Waals surface area contributed by atoms with Crippen LogP contribution in [0.2, 0.25) is 5.02 Å². The molecule has 2 aromatic rings. The summed E-state index contributed by atoms with van der Waals surface area (Å²) in [4.78, 5) is 14.4. The van der Waals surface area contributed by atoms with Gasteiger partial charge in [0.15, 0.2) is 0 Å². The van der Waals surface area contributed by atoms with E-state index in [1.54, 1.807) is 29.2 Å². The van der Waals surface area contributed by atoms with Crippen molar-refractivity contribution < 1.29 is 17.9 Å². The first kappa shape index (κ1) is 20.7. The predicted octanol–water partition coefficient (Wildman–Crippen LogP) is 4.72. The average molecular weight is 500 g/mol. The first-order chi connectivity index (χ1) is 13.8. The lowest BCUT2D eigenvalue weighted by atomic mass is 10.0. The Labute approximate surface area is 183 Å². The fourth-order valence-electron chi connectivity index (χ4n) is 3.83. The molecule has 2 heterocycles. The molecule has 4 rings (SSSR count). The molecule has 0 N–H and O–H groups in total. The van der Waals surface area contributed by atoms with Crippen LogP contribution >= 0.6 is 27.5 Å². The van der Waals surface area contributed by atoms with Gasteiger partial charge in [-0.25, -0.2) is 13.2 Å². The van der Waals surface area contributed by atoms with Crippen molar-refractivity contribution in [3.05, 3.63) is 57.0 Å². The SMILES string of the molecule is Cc1cc(S(=O)(=O)N2CCC(N3C(=O)OCc4c(Cl)cccc43)CC2)ccc1Br. The Morgan fingerprint density at radius 1 is 1.17 bits per heavy atom. The number of hydrogen-bond donors (Lipinski definition) is 0. The Bertz CT molecular complexity index is 1070. The van der Waals surface area contributed by atoms with Crippen LogP contribution in [-0.4, -0.2) is 37.9 Å². The molecule has 1 fully saturated rings. The van der Waals surface area contributed by atoms with Crippen LogP contribution in [0.3, 0.4) is 0 Å². The number of piperidine rings is 1. The summed E-state index contributed by atoms with van der Waals surface area (Å²) in [7, 11) is -3.58. The average Bonchev–Trinajstić information content (AvgIpc) is 2.70. The van der Waals surface area contributed by atoms with Crippen molar-refractivity contribution in [2.45, 2.75) is 37.3 Å². The number of ether oxygens (including phenoxy) is 1. The van der Waals surface area contributed by atoms with Gasteiger partial charge in [-0.15, -0.1) is 0 Å². The molecule has 154 valence electrons. The zero-order valence-corrected chi connectivity index (χ0v) is 18.9. The van der Waals surface area contributed by atoms with Crippen LogP contribution in [0.1, 0.15) is 24.0 Å². The number of carbonyl (C=O) groups excluding carboxylic acids is 1. The molecule has 29 heavy (non-hydrogen) atoms. The van der Waals surface area contributed by atoms with Crippen LogP contribution in [0.4, 0.5) is 10.5 Å². The molecule has 6 nitrogen and oxygen atoms in total. The zero-order valence-electron chi connectivity index (χ0n) is 15.8. The number of rotatable bonds is 3. The highest BCUT2D eigenvalue weighted by atomic mass is 79.9. The first-order valence-electron chi connectivity index (χ1n) is 9.28. The van der Waals surface area contributed by atoms with Crippen LogP contribution in [0.25, 0.3) is 0 Å². The number of carbonyl (C=O) groups is 1. The molecular formula is C20H20BrClN2O4S. The number of nitrogens with zero attached hydrogens (tertiary/aromatic N) is 2. The lowest BCUT2D eigenvalue weighted by Crippen LogP contribution is -2.50. The van der Waals surface area contributed by atoms with Crippen LogP contribution in [0, 0.1) is 6.92 Å². The number of anilines is 1. The van der Waals surface area contributed by atoms with Crippen molar-refractivity contribution in [3.63, 3.8) is 0 Å². The number of hydrogen-bond acceptors (Lipinski definition) is 4. The van der Waals surface area contributed by atoms with Crippen molar-refractivity contribution >= 4 is 49.3 Å². The van der Waals surface area contributed by atoms with Gasteiger partial charge in [0.05, 0.1) is 10.6 Å². The molecule has 0 bridgehead atoms. The van der Waals surface area contributed by atoms with Gasteiger partial charge in [-0.2, -0.15) is 4.31 Å². The van der Waals surface area contributed by atoms with Crippen LogP contribution in [0.5, 0.6) is 0 Å². The van der Waals surface area contributed by atoms with Crippen molar-refractivity contribution in [2.24, 2.45) is 0 Å². The first-order valence-corrected chi connectivity index (χ1v) is 11.9. The Hall–Kier alpha value is -1.61. The molecule has 2 aliphatic rings. The van der Waals surface area contributed by atoms with Crippen molar-refractivity contribution in [3.8, 4) is 0 Å². The highest BCUT2D eigenvalue weighted by Gasteiger charge is 2.37. The molecule has 2 aromatic carbocycles. The van der Waals surface area contributed by atoms with E-state index in [0.717, 1.165) is 21.3 Å². The maximum absolute atomic E-state index is 13.0. The van der Waals surface area contributed by atoms with Gasteiger partial charge in [0.2, 0.25) is 10.0 Å². The fraction of sp³-hybridized carbons (Fsp3) is 0.350. The third kappa shape index (κ3) is 3.79. The van der Waals surface area contributed by atoms with Crippen molar-refractivity contribution in [1.29, 1.82) is 0 Å². The molecule has 1 amide bonds. The molecule has 0 aromatic heterocycles. The largest absolute Gasteiger partial charge is 0.444 e. The molecule has 0 aliphatic carbocycles. The molecule has 2 aliphatic heterocycles. The van der Waals surface area contributed by atoms with Gasteiger partial charge in [0, 0.05) is 34.2 Å². The Balaban J connectivity index is 1.53. The van der Waals surface area contributed by atoms with Crippen molar-refractivity contribution in [1.82, 2.24) is 4.31 Å². The number of aryl methyl sites for hydroxylation is 1. The third-order valence-corrected chi connectivity index (χ3v) is 8.58. The molecule has 0 atom stereocenters. The van der Waals surface area contributed by atoms with E-state index in [2.05, 4.69) is 15.9 Å². The van der Waals surface area contributed by atoms with Gasteiger partial charge in [-0.3, -0.25) is 4.90 Å². The molecular weight excluding hydrogens is 480 g/mol. The maximum Gasteiger partial charge on any atom is 0.414 e. The lowest BCUT2D eigenvalue weighted by Gasteiger charge is -2.40. The minimum Gasteiger partial charge on any atom is -0.444 e. The minimum absolute atomic E-state index is 0.141. The number of cyclic esters (lactones) is 1. The second-order valence-corrected chi connectivity index (χ2v) is 10.4. The minimum atomic E-state index is -3.58. The Kier molecular flexibility index (Phi) is 5.63. The number of sulfonamides is 1. The summed E-state index contributed by atoms with van der Waals surface area (Å²) in [5, 5.41) is 0.561. The van der Waals surface area contributed by atoms with E-state index in [1.807, 2.05) is 19.1 Å². The Morgan fingerprint density at radius 3 is 2.59 bits per heavy atom. The van der Waals surface area contributed by atoms with Gasteiger partial charge in [0.25, 0.3) is 0 Å². The highest BCUT2D eigenvalue weighted by molar-refractivity contribution is 9.10. The van der Waals surface area contributed by atoms with E-state index in [4.69, 9.17) is 16.3 Å². The van der Waals surface area contributed by atoms with E-state index in [1.165, 1.54) is 4.31 Å². The second kappa shape index (κ2) is 7.91. The summed E-state index contributed by atoms with van der Waals surface area (Å²) in [5.74, 6) is 0.